The van der Waals surface area contributed by atoms with Crippen molar-refractivity contribution < 1.29 is 4.48 Å². The van der Waals surface area contributed by atoms with Crippen molar-refractivity contribution in [3.05, 3.63) is 120 Å². The Morgan fingerprint density at radius 1 is 0.415 bits per heavy atom. The van der Waals surface area contributed by atoms with E-state index < -0.39 is 0 Å². The summed E-state index contributed by atoms with van der Waals surface area (Å²) in [5.74, 6) is 0. The van der Waals surface area contributed by atoms with E-state index in [-0.39, 0.29) is 0 Å². The van der Waals surface area contributed by atoms with Crippen molar-refractivity contribution in [2.75, 3.05) is 6.54 Å². The molecule has 0 aliphatic rings. The van der Waals surface area contributed by atoms with Crippen LogP contribution in [0.15, 0.2) is 103 Å². The van der Waals surface area contributed by atoms with Gasteiger partial charge in [0.2, 0.25) is 0 Å². The quantitative estimate of drug-likeness (QED) is 0.0623. The van der Waals surface area contributed by atoms with Crippen molar-refractivity contribution in [3.8, 4) is 0 Å². The highest BCUT2D eigenvalue weighted by molar-refractivity contribution is 5.17. The molecule has 3 aromatic rings. The predicted octanol–water partition coefficient (Wildman–Crippen LogP) is 11.8. The highest BCUT2D eigenvalue weighted by atomic mass is 15.3. The van der Waals surface area contributed by atoms with Gasteiger partial charge in [-0.1, -0.05) is 168 Å². The first-order valence-corrected chi connectivity index (χ1v) is 16.9. The van der Waals surface area contributed by atoms with E-state index in [1.807, 2.05) is 0 Å². The Hall–Kier alpha value is -2.64. The van der Waals surface area contributed by atoms with E-state index in [1.54, 1.807) is 0 Å². The molecule has 3 aromatic carbocycles. The summed E-state index contributed by atoms with van der Waals surface area (Å²) in [6.45, 7) is 6.75. The molecule has 0 spiro atoms. The van der Waals surface area contributed by atoms with Gasteiger partial charge in [-0.05, 0) is 38.5 Å². The Balaban J connectivity index is 1.41. The topological polar surface area (TPSA) is 0 Å². The molecule has 0 amide bonds. The largest absolute Gasteiger partial charge is 0.312 e. The van der Waals surface area contributed by atoms with Crippen LogP contribution < -0.4 is 0 Å². The van der Waals surface area contributed by atoms with Crippen molar-refractivity contribution >= 4 is 0 Å². The van der Waals surface area contributed by atoms with Crippen LogP contribution in [0.4, 0.5) is 0 Å². The lowest BCUT2D eigenvalue weighted by atomic mass is 10.0. The number of rotatable bonds is 23. The normalized spacial score (nSPS) is 11.8. The summed E-state index contributed by atoms with van der Waals surface area (Å²) in [5, 5.41) is 0. The maximum absolute atomic E-state index is 2.44. The van der Waals surface area contributed by atoms with Crippen LogP contribution in [0.5, 0.6) is 0 Å². The molecule has 1 heteroatoms. The Morgan fingerprint density at radius 3 is 1.15 bits per heavy atom. The standard InChI is InChI=1S/C40H58N/c1-2-3-4-5-6-7-8-9-10-11-12-13-14-15-16-17-27-34-41(35-38-28-21-18-22-29-38,36-39-30-23-19-24-31-39)37-40-32-25-20-26-33-40/h10-11,18-26,28-33H,2-9,12-17,27,34-37H2,1H3/q+1/b11-10+. The molecule has 0 radical (unpaired) electrons. The molecule has 0 aliphatic carbocycles. The Kier molecular flexibility index (Phi) is 16.9. The lowest BCUT2D eigenvalue weighted by Gasteiger charge is -2.39. The smallest absolute Gasteiger partial charge is 0.105 e. The van der Waals surface area contributed by atoms with Gasteiger partial charge in [0, 0.05) is 16.7 Å². The third kappa shape index (κ3) is 14.7. The fourth-order valence-corrected chi connectivity index (χ4v) is 6.19. The molecule has 0 heterocycles. The van der Waals surface area contributed by atoms with Gasteiger partial charge in [0.15, 0.2) is 0 Å². The van der Waals surface area contributed by atoms with E-state index in [0.29, 0.717) is 0 Å². The monoisotopic (exact) mass is 552 g/mol. The van der Waals surface area contributed by atoms with Crippen molar-refractivity contribution in [3.63, 3.8) is 0 Å². The Bertz CT molecular complexity index is 923. The molecular formula is C40H58N+. The van der Waals surface area contributed by atoms with Crippen LogP contribution in [0.1, 0.15) is 120 Å². The van der Waals surface area contributed by atoms with Gasteiger partial charge in [0.05, 0.1) is 6.54 Å². The lowest BCUT2D eigenvalue weighted by Crippen LogP contribution is -2.46. The first-order valence-electron chi connectivity index (χ1n) is 16.9. The number of hydrogen-bond acceptors (Lipinski definition) is 0. The van der Waals surface area contributed by atoms with E-state index in [9.17, 15) is 0 Å². The second-order valence-electron chi connectivity index (χ2n) is 12.3. The minimum atomic E-state index is 1.08. The number of benzene rings is 3. The Morgan fingerprint density at radius 2 is 0.756 bits per heavy atom. The predicted molar refractivity (Wildman–Crippen MR) is 180 cm³/mol. The minimum absolute atomic E-state index is 1.08. The van der Waals surface area contributed by atoms with Crippen LogP contribution in [-0.2, 0) is 19.6 Å². The summed E-state index contributed by atoms with van der Waals surface area (Å²) in [7, 11) is 0. The molecule has 0 saturated carbocycles. The Labute approximate surface area is 253 Å². The molecular weight excluding hydrogens is 494 g/mol. The van der Waals surface area contributed by atoms with Gasteiger partial charge in [-0.25, -0.2) is 0 Å². The summed E-state index contributed by atoms with van der Waals surface area (Å²) in [5.41, 5.74) is 4.33. The van der Waals surface area contributed by atoms with E-state index in [0.717, 1.165) is 24.1 Å². The highest BCUT2D eigenvalue weighted by Gasteiger charge is 2.28. The van der Waals surface area contributed by atoms with E-state index in [2.05, 4.69) is 110 Å². The van der Waals surface area contributed by atoms with Gasteiger partial charge in [-0.2, -0.15) is 0 Å². The molecule has 0 aliphatic heterocycles. The van der Waals surface area contributed by atoms with Crippen LogP contribution in [0, 0.1) is 0 Å². The number of nitrogens with zero attached hydrogens (tertiary/aromatic N) is 1. The van der Waals surface area contributed by atoms with Gasteiger partial charge in [-0.15, -0.1) is 0 Å². The average Bonchev–Trinajstić information content (AvgIpc) is 3.00. The molecule has 0 bridgehead atoms. The van der Waals surface area contributed by atoms with Gasteiger partial charge in [-0.3, -0.25) is 0 Å². The number of unbranched alkanes of at least 4 members (excludes halogenated alkanes) is 13. The van der Waals surface area contributed by atoms with Crippen LogP contribution in [0.2, 0.25) is 0 Å². The molecule has 0 N–H and O–H groups in total. The molecule has 0 atom stereocenters. The van der Waals surface area contributed by atoms with Gasteiger partial charge in [0.1, 0.15) is 19.6 Å². The molecule has 3 rings (SSSR count). The zero-order valence-corrected chi connectivity index (χ0v) is 26.2. The minimum Gasteiger partial charge on any atom is -0.312 e. The fourth-order valence-electron chi connectivity index (χ4n) is 6.19. The van der Waals surface area contributed by atoms with Crippen LogP contribution in [0.3, 0.4) is 0 Å². The molecule has 41 heavy (non-hydrogen) atoms. The van der Waals surface area contributed by atoms with E-state index >= 15 is 0 Å². The van der Waals surface area contributed by atoms with Crippen LogP contribution >= 0.6 is 0 Å². The van der Waals surface area contributed by atoms with Crippen molar-refractivity contribution in [2.24, 2.45) is 0 Å². The van der Waals surface area contributed by atoms with Gasteiger partial charge < -0.3 is 4.48 Å². The van der Waals surface area contributed by atoms with Crippen molar-refractivity contribution in [2.45, 2.75) is 123 Å². The number of hydrogen-bond donors (Lipinski definition) is 0. The molecule has 0 fully saturated rings. The molecule has 222 valence electrons. The second-order valence-corrected chi connectivity index (χ2v) is 12.3. The third-order valence-electron chi connectivity index (χ3n) is 8.48. The second kappa shape index (κ2) is 21.1. The maximum atomic E-state index is 2.44. The fraction of sp³-hybridized carbons (Fsp3) is 0.500. The number of allylic oxidation sites excluding steroid dienone is 2. The molecule has 0 unspecified atom stereocenters. The summed E-state index contributed by atoms with van der Waals surface area (Å²) in [4.78, 5) is 0. The summed E-state index contributed by atoms with van der Waals surface area (Å²) < 4.78 is 1.08. The highest BCUT2D eigenvalue weighted by Crippen LogP contribution is 2.26. The average molecular weight is 553 g/mol. The first kappa shape index (κ1) is 32.9. The van der Waals surface area contributed by atoms with Gasteiger partial charge >= 0.3 is 0 Å². The lowest BCUT2D eigenvalue weighted by molar-refractivity contribution is -0.966. The van der Waals surface area contributed by atoms with Crippen molar-refractivity contribution in [1.82, 2.24) is 0 Å². The number of quaternary nitrogens is 1. The summed E-state index contributed by atoms with van der Waals surface area (Å²) >= 11 is 0. The molecule has 0 aromatic heterocycles. The zero-order chi connectivity index (χ0) is 28.7. The van der Waals surface area contributed by atoms with E-state index in [4.69, 9.17) is 0 Å². The zero-order valence-electron chi connectivity index (χ0n) is 26.2. The summed E-state index contributed by atoms with van der Waals surface area (Å²) in [6.07, 6.45) is 25.4. The van der Waals surface area contributed by atoms with E-state index in [1.165, 1.54) is 120 Å². The third-order valence-corrected chi connectivity index (χ3v) is 8.48. The van der Waals surface area contributed by atoms with Crippen LogP contribution in [0.25, 0.3) is 0 Å². The SMILES string of the molecule is CCCCCCCCC/C=C/CCCCCCCC[N+](Cc1ccccc1)(Cc1ccccc1)Cc1ccccc1. The molecule has 0 saturated heterocycles. The van der Waals surface area contributed by atoms with Crippen LogP contribution in [-0.4, -0.2) is 11.0 Å². The molecule has 1 nitrogen and oxygen atoms in total. The van der Waals surface area contributed by atoms with Crippen molar-refractivity contribution in [1.29, 1.82) is 0 Å². The first-order chi connectivity index (χ1) is 20.3. The summed E-state index contributed by atoms with van der Waals surface area (Å²) in [6, 6.07) is 33.4. The van der Waals surface area contributed by atoms with Gasteiger partial charge in [0.25, 0.3) is 0 Å². The maximum Gasteiger partial charge on any atom is 0.105 e.